The van der Waals surface area contributed by atoms with Crippen molar-refractivity contribution in [3.8, 4) is 6.57 Å². The van der Waals surface area contributed by atoms with Gasteiger partial charge in [0.1, 0.15) is 5.78 Å². The maximum absolute atomic E-state index is 10.1. The number of nitrogens with zero attached hydrogens (tertiary/aromatic N) is 1. The summed E-state index contributed by atoms with van der Waals surface area (Å²) in [4.78, 5) is 13.3. The quantitative estimate of drug-likeness (QED) is 0.503. The van der Waals surface area contributed by atoms with Crippen molar-refractivity contribution in [2.45, 2.75) is 13.3 Å². The van der Waals surface area contributed by atoms with Crippen molar-refractivity contribution >= 4 is 5.78 Å². The summed E-state index contributed by atoms with van der Waals surface area (Å²) in [7, 11) is 0. The summed E-state index contributed by atoms with van der Waals surface area (Å²) in [6, 6.07) is 0. The van der Waals surface area contributed by atoms with Gasteiger partial charge in [-0.3, -0.25) is 4.79 Å². The van der Waals surface area contributed by atoms with Crippen LogP contribution in [-0.4, -0.2) is 12.3 Å². The van der Waals surface area contributed by atoms with Gasteiger partial charge < -0.3 is 0 Å². The van der Waals surface area contributed by atoms with Crippen LogP contribution in [0.25, 0.3) is 4.85 Å². The molecule has 0 N–H and O–H groups in total. The number of hydrogen-bond donors (Lipinski definition) is 0. The molecule has 0 saturated heterocycles. The summed E-state index contributed by atoms with van der Waals surface area (Å²) >= 11 is 0. The maximum Gasteiger partial charge on any atom is 0.270 e. The van der Waals surface area contributed by atoms with E-state index < -0.39 is 0 Å². The van der Waals surface area contributed by atoms with Crippen LogP contribution in [0, 0.1) is 6.57 Å². The second-order valence-electron chi connectivity index (χ2n) is 1.36. The van der Waals surface area contributed by atoms with Gasteiger partial charge in [-0.15, -0.1) is 0 Å². The zero-order chi connectivity index (χ0) is 5.70. The third-order valence-electron chi connectivity index (χ3n) is 0.593. The highest BCUT2D eigenvalue weighted by molar-refractivity contribution is 5.75. The van der Waals surface area contributed by atoms with Crippen molar-refractivity contribution in [2.75, 3.05) is 6.54 Å². The topological polar surface area (TPSA) is 21.4 Å². The molecule has 0 rings (SSSR count). The lowest BCUT2D eigenvalue weighted by molar-refractivity contribution is -0.116. The van der Waals surface area contributed by atoms with Crippen LogP contribution in [0.15, 0.2) is 0 Å². The normalized spacial score (nSPS) is 7.43. The molecule has 0 aromatic rings. The molecule has 7 heavy (non-hydrogen) atoms. The summed E-state index contributed by atoms with van der Waals surface area (Å²) in [5.74, 6) is 0.134. The monoisotopic (exact) mass is 98.1 g/mol. The van der Waals surface area contributed by atoms with E-state index in [4.69, 9.17) is 6.57 Å². The van der Waals surface area contributed by atoms with Gasteiger partial charge in [-0.1, -0.05) is 4.85 Å². The van der Waals surface area contributed by atoms with Crippen molar-refractivity contribution in [1.29, 1.82) is 0 Å². The third-order valence-corrected chi connectivity index (χ3v) is 0.593. The van der Waals surface area contributed by atoms with E-state index in [0.717, 1.165) is 0 Å². The summed E-state index contributed by atoms with van der Waals surface area (Å²) in [6.07, 6.45) is 0.469. The Hall–Kier alpha value is -0.840. The van der Waals surface area contributed by atoms with Crippen LogP contribution in [0.5, 0.6) is 0 Å². The molecule has 0 saturated carbocycles. The molecule has 2 nitrogen and oxygen atoms in total. The number of carbonyl (C=O) groups is 1. The van der Waals surface area contributed by atoms with Crippen molar-refractivity contribution in [3.63, 3.8) is 0 Å². The van der Waals surface area contributed by atoms with Crippen molar-refractivity contribution in [3.05, 3.63) is 4.85 Å². The fourth-order valence-electron chi connectivity index (χ4n) is 0.222. The average Bonchev–Trinajstić information content (AvgIpc) is 1.61. The predicted octanol–water partition coefficient (Wildman–Crippen LogP) is 0.928. The molecule has 0 bridgehead atoms. The minimum absolute atomic E-state index is 0.134. The molecule has 0 aromatic heterocycles. The first-order valence-electron chi connectivity index (χ1n) is 2.13. The SMILES string of the molecule is C#[N+]CCC(C)=O. The highest BCUT2D eigenvalue weighted by Crippen LogP contribution is 1.79. The van der Waals surface area contributed by atoms with Gasteiger partial charge in [0, 0.05) is 0 Å². The van der Waals surface area contributed by atoms with Crippen molar-refractivity contribution < 1.29 is 4.79 Å². The molecule has 0 heterocycles. The fraction of sp³-hybridized carbons (Fsp3) is 0.600. The Morgan fingerprint density at radius 3 is 2.57 bits per heavy atom. The Morgan fingerprint density at radius 2 is 2.43 bits per heavy atom. The first-order valence-corrected chi connectivity index (χ1v) is 2.13. The van der Waals surface area contributed by atoms with Gasteiger partial charge in [0.25, 0.3) is 13.1 Å². The summed E-state index contributed by atoms with van der Waals surface area (Å²) in [5.41, 5.74) is 0. The Kier molecular flexibility index (Phi) is 2.95. The molecule has 0 radical (unpaired) electrons. The molecule has 0 aromatic carbocycles. The van der Waals surface area contributed by atoms with Crippen LogP contribution in [0.4, 0.5) is 0 Å². The fourth-order valence-corrected chi connectivity index (χ4v) is 0.222. The van der Waals surface area contributed by atoms with Crippen LogP contribution < -0.4 is 0 Å². The molecule has 0 aliphatic carbocycles. The van der Waals surface area contributed by atoms with E-state index >= 15 is 0 Å². The molecular formula is C5H8NO+. The summed E-state index contributed by atoms with van der Waals surface area (Å²) < 4.78 is 0. The van der Waals surface area contributed by atoms with E-state index in [1.807, 2.05) is 0 Å². The van der Waals surface area contributed by atoms with E-state index in [1.54, 1.807) is 0 Å². The Bertz CT molecular complexity index is 101. The Labute approximate surface area is 43.0 Å². The van der Waals surface area contributed by atoms with Crippen molar-refractivity contribution in [1.82, 2.24) is 0 Å². The lowest BCUT2D eigenvalue weighted by Gasteiger charge is -1.73. The van der Waals surface area contributed by atoms with Crippen LogP contribution in [0.2, 0.25) is 0 Å². The lowest BCUT2D eigenvalue weighted by atomic mass is 10.3. The number of Topliss-reactive ketones (excluding diaryl/α,β-unsaturated/α-hetero) is 1. The zero-order valence-corrected chi connectivity index (χ0v) is 4.35. The maximum atomic E-state index is 10.1. The highest BCUT2D eigenvalue weighted by atomic mass is 16.1. The standard InChI is InChI=1S/C5H8NO/c1-5(7)3-4-6-2/h2H,3-4H2,1H3/q+1. The van der Waals surface area contributed by atoms with E-state index in [9.17, 15) is 4.79 Å². The van der Waals surface area contributed by atoms with Gasteiger partial charge >= 0.3 is 0 Å². The smallest absolute Gasteiger partial charge is 0.270 e. The average molecular weight is 98.1 g/mol. The zero-order valence-electron chi connectivity index (χ0n) is 4.35. The van der Waals surface area contributed by atoms with E-state index in [2.05, 4.69) is 4.85 Å². The first-order chi connectivity index (χ1) is 3.27. The second-order valence-corrected chi connectivity index (χ2v) is 1.36. The van der Waals surface area contributed by atoms with Gasteiger partial charge in [-0.05, 0) is 6.92 Å². The van der Waals surface area contributed by atoms with Gasteiger partial charge in [-0.25, -0.2) is 0 Å². The molecule has 0 spiro atoms. The van der Waals surface area contributed by atoms with Crippen LogP contribution in [0.1, 0.15) is 13.3 Å². The minimum Gasteiger partial charge on any atom is -0.300 e. The van der Waals surface area contributed by atoms with Gasteiger partial charge in [0.2, 0.25) is 0 Å². The van der Waals surface area contributed by atoms with Gasteiger partial charge in [-0.2, -0.15) is 0 Å². The second kappa shape index (κ2) is 3.35. The van der Waals surface area contributed by atoms with Gasteiger partial charge in [0.05, 0.1) is 6.42 Å². The number of carbonyl (C=O) groups excluding carboxylic acids is 1. The Balaban J connectivity index is 3.02. The van der Waals surface area contributed by atoms with Gasteiger partial charge in [0.15, 0.2) is 0 Å². The molecule has 0 aliphatic rings. The summed E-state index contributed by atoms with van der Waals surface area (Å²) in [6.45, 7) is 6.72. The van der Waals surface area contributed by atoms with E-state index in [0.29, 0.717) is 13.0 Å². The molecular weight excluding hydrogens is 90.1 g/mol. The highest BCUT2D eigenvalue weighted by Gasteiger charge is 1.93. The minimum atomic E-state index is 0.134. The van der Waals surface area contributed by atoms with Crippen LogP contribution in [-0.2, 0) is 4.79 Å². The number of hydrogen-bond acceptors (Lipinski definition) is 1. The van der Waals surface area contributed by atoms with E-state index in [1.165, 1.54) is 6.92 Å². The third kappa shape index (κ3) is 5.16. The first kappa shape index (κ1) is 6.16. The molecule has 0 fully saturated rings. The number of rotatable bonds is 2. The number of ketones is 1. The molecule has 38 valence electrons. The van der Waals surface area contributed by atoms with Crippen molar-refractivity contribution in [2.24, 2.45) is 0 Å². The molecule has 0 aliphatic heterocycles. The summed E-state index contributed by atoms with van der Waals surface area (Å²) in [5, 5.41) is 0. The van der Waals surface area contributed by atoms with Crippen LogP contribution in [0.3, 0.4) is 0 Å². The largest absolute Gasteiger partial charge is 0.300 e. The molecule has 2 heteroatoms. The molecule has 0 unspecified atom stereocenters. The molecule has 0 amide bonds. The van der Waals surface area contributed by atoms with Crippen LogP contribution >= 0.6 is 0 Å². The lowest BCUT2D eigenvalue weighted by Crippen LogP contribution is -1.89. The Morgan fingerprint density at radius 1 is 1.86 bits per heavy atom. The molecule has 0 atom stereocenters. The predicted molar refractivity (Wildman–Crippen MR) is 28.5 cm³/mol. The van der Waals surface area contributed by atoms with E-state index in [-0.39, 0.29) is 5.78 Å².